The van der Waals surface area contributed by atoms with E-state index in [-0.39, 0.29) is 6.01 Å². The number of hydrogen-bond donors (Lipinski definition) is 0. The summed E-state index contributed by atoms with van der Waals surface area (Å²) in [6.45, 7) is 0. The van der Waals surface area contributed by atoms with Crippen molar-refractivity contribution in [2.75, 3.05) is 7.11 Å². The second-order valence-electron chi connectivity index (χ2n) is 2.61. The molecule has 0 aliphatic rings. The van der Waals surface area contributed by atoms with E-state index in [1.807, 2.05) is 30.3 Å². The SMILES string of the molecule is COc1n[c]nc(-c2ccccc2)n1. The van der Waals surface area contributed by atoms with Crippen molar-refractivity contribution in [3.05, 3.63) is 36.7 Å². The number of hydrogen-bond acceptors (Lipinski definition) is 4. The van der Waals surface area contributed by atoms with Gasteiger partial charge in [-0.3, -0.25) is 0 Å². The van der Waals surface area contributed by atoms with Crippen molar-refractivity contribution in [2.24, 2.45) is 0 Å². The van der Waals surface area contributed by atoms with E-state index in [9.17, 15) is 0 Å². The van der Waals surface area contributed by atoms with Crippen molar-refractivity contribution in [1.29, 1.82) is 0 Å². The van der Waals surface area contributed by atoms with E-state index in [0.29, 0.717) is 5.82 Å². The zero-order valence-corrected chi connectivity index (χ0v) is 7.64. The monoisotopic (exact) mass is 186 g/mol. The van der Waals surface area contributed by atoms with Crippen LogP contribution in [0.1, 0.15) is 0 Å². The van der Waals surface area contributed by atoms with Crippen LogP contribution in [0.5, 0.6) is 6.01 Å². The molecule has 2 rings (SSSR count). The van der Waals surface area contributed by atoms with Crippen LogP contribution in [0.4, 0.5) is 0 Å². The molecule has 0 saturated heterocycles. The zero-order valence-electron chi connectivity index (χ0n) is 7.64. The van der Waals surface area contributed by atoms with Crippen LogP contribution in [0.2, 0.25) is 0 Å². The minimum atomic E-state index is 0.277. The van der Waals surface area contributed by atoms with Gasteiger partial charge in [0.15, 0.2) is 5.82 Å². The summed E-state index contributed by atoms with van der Waals surface area (Å²) < 4.78 is 4.88. The Bertz CT molecular complexity index is 417. The summed E-state index contributed by atoms with van der Waals surface area (Å²) in [6, 6.07) is 9.90. The molecule has 4 nitrogen and oxygen atoms in total. The summed E-state index contributed by atoms with van der Waals surface area (Å²) in [4.78, 5) is 11.7. The summed E-state index contributed by atoms with van der Waals surface area (Å²) in [7, 11) is 1.51. The average Bonchev–Trinajstić information content (AvgIpc) is 2.30. The van der Waals surface area contributed by atoms with Gasteiger partial charge in [-0.1, -0.05) is 30.3 Å². The molecule has 0 saturated carbocycles. The van der Waals surface area contributed by atoms with Gasteiger partial charge in [-0.2, -0.15) is 9.97 Å². The Morgan fingerprint density at radius 1 is 1.14 bits per heavy atom. The van der Waals surface area contributed by atoms with Crippen LogP contribution < -0.4 is 4.74 Å². The number of aromatic nitrogens is 3. The lowest BCUT2D eigenvalue weighted by Gasteiger charge is -1.99. The van der Waals surface area contributed by atoms with Crippen molar-refractivity contribution in [3.8, 4) is 17.4 Å². The molecule has 1 aromatic heterocycles. The molecule has 0 atom stereocenters. The largest absolute Gasteiger partial charge is 0.467 e. The molecule has 0 fully saturated rings. The predicted molar refractivity (Wildman–Crippen MR) is 50.7 cm³/mol. The first-order valence-electron chi connectivity index (χ1n) is 4.11. The molecule has 0 aliphatic heterocycles. The van der Waals surface area contributed by atoms with Crippen LogP contribution in [0.3, 0.4) is 0 Å². The highest BCUT2D eigenvalue weighted by Gasteiger charge is 2.02. The van der Waals surface area contributed by atoms with Gasteiger partial charge in [-0.05, 0) is 0 Å². The van der Waals surface area contributed by atoms with Crippen molar-refractivity contribution in [3.63, 3.8) is 0 Å². The molecule has 0 unspecified atom stereocenters. The Morgan fingerprint density at radius 3 is 2.64 bits per heavy atom. The fourth-order valence-electron chi connectivity index (χ4n) is 1.06. The van der Waals surface area contributed by atoms with E-state index in [4.69, 9.17) is 4.74 Å². The van der Waals surface area contributed by atoms with Gasteiger partial charge in [-0.25, -0.2) is 4.98 Å². The zero-order chi connectivity index (χ0) is 9.80. The maximum Gasteiger partial charge on any atom is 0.320 e. The highest BCUT2D eigenvalue weighted by atomic mass is 16.5. The highest BCUT2D eigenvalue weighted by Crippen LogP contribution is 2.14. The number of rotatable bonds is 2. The summed E-state index contributed by atoms with van der Waals surface area (Å²) >= 11 is 0. The lowest BCUT2D eigenvalue weighted by molar-refractivity contribution is 0.378. The van der Waals surface area contributed by atoms with E-state index < -0.39 is 0 Å². The quantitative estimate of drug-likeness (QED) is 0.710. The van der Waals surface area contributed by atoms with Crippen LogP contribution in [-0.2, 0) is 0 Å². The molecule has 1 aromatic carbocycles. The number of nitrogens with zero attached hydrogens (tertiary/aromatic N) is 3. The summed E-state index contributed by atoms with van der Waals surface area (Å²) in [6.07, 6.45) is 2.49. The van der Waals surface area contributed by atoms with E-state index >= 15 is 0 Å². The number of ether oxygens (including phenoxy) is 1. The summed E-state index contributed by atoms with van der Waals surface area (Å²) in [5.41, 5.74) is 0.921. The van der Waals surface area contributed by atoms with Gasteiger partial charge >= 0.3 is 6.01 Å². The molecule has 4 heteroatoms. The molecule has 0 N–H and O–H groups in total. The Labute approximate surface area is 81.6 Å². The molecule has 1 radical (unpaired) electrons. The van der Waals surface area contributed by atoms with E-state index in [1.54, 1.807) is 0 Å². The molecular formula is C10H8N3O. The van der Waals surface area contributed by atoms with Crippen molar-refractivity contribution < 1.29 is 4.74 Å². The van der Waals surface area contributed by atoms with Crippen LogP contribution in [0.25, 0.3) is 11.4 Å². The lowest BCUT2D eigenvalue weighted by Crippen LogP contribution is -1.96. The van der Waals surface area contributed by atoms with Gasteiger partial charge in [-0.15, -0.1) is 0 Å². The predicted octanol–water partition coefficient (Wildman–Crippen LogP) is 1.35. The van der Waals surface area contributed by atoms with Gasteiger partial charge in [0.05, 0.1) is 7.11 Å². The van der Waals surface area contributed by atoms with Crippen LogP contribution >= 0.6 is 0 Å². The second kappa shape index (κ2) is 3.83. The molecule has 0 aliphatic carbocycles. The smallest absolute Gasteiger partial charge is 0.320 e. The standard InChI is InChI=1S/C10H8N3O/c1-14-10-12-7-11-9(13-10)8-5-3-2-4-6-8/h2-6H,1H3. The Morgan fingerprint density at radius 2 is 1.93 bits per heavy atom. The van der Waals surface area contributed by atoms with Gasteiger partial charge in [0.2, 0.25) is 6.33 Å². The van der Waals surface area contributed by atoms with Crippen molar-refractivity contribution in [1.82, 2.24) is 15.0 Å². The molecule has 69 valence electrons. The highest BCUT2D eigenvalue weighted by molar-refractivity contribution is 5.53. The van der Waals surface area contributed by atoms with E-state index in [0.717, 1.165) is 5.56 Å². The van der Waals surface area contributed by atoms with E-state index in [2.05, 4.69) is 21.3 Å². The van der Waals surface area contributed by atoms with Gasteiger partial charge in [0, 0.05) is 5.56 Å². The average molecular weight is 186 g/mol. The van der Waals surface area contributed by atoms with Crippen LogP contribution in [0, 0.1) is 6.33 Å². The molecule has 2 aromatic rings. The topological polar surface area (TPSA) is 47.9 Å². The molecule has 0 bridgehead atoms. The van der Waals surface area contributed by atoms with Crippen LogP contribution in [-0.4, -0.2) is 22.1 Å². The normalized spacial score (nSPS) is 9.79. The van der Waals surface area contributed by atoms with Gasteiger partial charge in [0.1, 0.15) is 0 Å². The maximum atomic E-state index is 4.88. The fraction of sp³-hybridized carbons (Fsp3) is 0.100. The minimum absolute atomic E-state index is 0.277. The third kappa shape index (κ3) is 1.69. The first-order valence-corrected chi connectivity index (χ1v) is 4.11. The Hall–Kier alpha value is -1.97. The number of benzene rings is 1. The van der Waals surface area contributed by atoms with Gasteiger partial charge < -0.3 is 4.74 Å². The molecule has 0 spiro atoms. The summed E-state index contributed by atoms with van der Waals surface area (Å²) in [5, 5.41) is 0. The molecule has 14 heavy (non-hydrogen) atoms. The third-order valence-electron chi connectivity index (χ3n) is 1.72. The first kappa shape index (κ1) is 8.62. The molecular weight excluding hydrogens is 178 g/mol. The first-order chi connectivity index (χ1) is 6.90. The molecule has 0 amide bonds. The minimum Gasteiger partial charge on any atom is -0.467 e. The molecule has 1 heterocycles. The van der Waals surface area contributed by atoms with Gasteiger partial charge in [0.25, 0.3) is 0 Å². The Kier molecular flexibility index (Phi) is 2.36. The second-order valence-corrected chi connectivity index (χ2v) is 2.61. The lowest BCUT2D eigenvalue weighted by atomic mass is 10.2. The number of methoxy groups -OCH3 is 1. The van der Waals surface area contributed by atoms with Crippen LogP contribution in [0.15, 0.2) is 30.3 Å². The van der Waals surface area contributed by atoms with Crippen molar-refractivity contribution >= 4 is 0 Å². The Balaban J connectivity index is 2.42. The van der Waals surface area contributed by atoms with E-state index in [1.165, 1.54) is 7.11 Å². The third-order valence-corrected chi connectivity index (χ3v) is 1.72. The summed E-state index contributed by atoms with van der Waals surface area (Å²) in [5.74, 6) is 0.567. The van der Waals surface area contributed by atoms with Crippen molar-refractivity contribution in [2.45, 2.75) is 0 Å². The maximum absolute atomic E-state index is 4.88. The fourth-order valence-corrected chi connectivity index (χ4v) is 1.06.